The van der Waals surface area contributed by atoms with E-state index in [-0.39, 0.29) is 6.04 Å². The Balaban J connectivity index is 2.05. The van der Waals surface area contributed by atoms with Crippen LogP contribution in [0.3, 0.4) is 0 Å². The number of rotatable bonds is 3. The quantitative estimate of drug-likeness (QED) is 0.492. The minimum Gasteiger partial charge on any atom is -0.352 e. The molecule has 1 saturated carbocycles. The Bertz CT molecular complexity index is 133. The summed E-state index contributed by atoms with van der Waals surface area (Å²) in [5.41, 5.74) is 10.5. The fourth-order valence-electron chi connectivity index (χ4n) is 0.909. The molecule has 1 aliphatic carbocycles. The van der Waals surface area contributed by atoms with Crippen molar-refractivity contribution in [2.24, 2.45) is 17.4 Å². The number of nitrogens with one attached hydrogen (secondary N) is 1. The number of carbonyl (C=O) groups is 1. The molecule has 58 valence electrons. The molecule has 5 N–H and O–H groups in total. The second-order valence-electron chi connectivity index (χ2n) is 2.75. The van der Waals surface area contributed by atoms with Crippen molar-refractivity contribution in [1.82, 2.24) is 5.32 Å². The molecule has 4 heteroatoms. The zero-order chi connectivity index (χ0) is 7.56. The number of amides is 2. The largest absolute Gasteiger partial charge is 0.352 e. The molecule has 0 aromatic carbocycles. The van der Waals surface area contributed by atoms with Gasteiger partial charge in [0.25, 0.3) is 0 Å². The van der Waals surface area contributed by atoms with Crippen molar-refractivity contribution in [3.05, 3.63) is 0 Å². The summed E-state index contributed by atoms with van der Waals surface area (Å²) < 4.78 is 0. The average molecular weight is 143 g/mol. The van der Waals surface area contributed by atoms with Gasteiger partial charge >= 0.3 is 6.03 Å². The van der Waals surface area contributed by atoms with Crippen molar-refractivity contribution >= 4 is 6.03 Å². The molecular weight excluding hydrogens is 130 g/mol. The molecule has 1 rings (SSSR count). The minimum absolute atomic E-state index is 0.104. The summed E-state index contributed by atoms with van der Waals surface area (Å²) in [6, 6.07) is -0.386. The summed E-state index contributed by atoms with van der Waals surface area (Å²) in [6.45, 7) is 0.514. The first-order valence-corrected chi connectivity index (χ1v) is 3.49. The highest BCUT2D eigenvalue weighted by atomic mass is 16.2. The van der Waals surface area contributed by atoms with E-state index < -0.39 is 6.03 Å². The van der Waals surface area contributed by atoms with E-state index in [1.54, 1.807) is 0 Å². The SMILES string of the molecule is NC(=O)NCC(N)C1CC1. The van der Waals surface area contributed by atoms with Gasteiger partial charge in [0.15, 0.2) is 0 Å². The van der Waals surface area contributed by atoms with Crippen molar-refractivity contribution in [2.75, 3.05) is 6.54 Å². The third-order valence-electron chi connectivity index (χ3n) is 1.74. The van der Waals surface area contributed by atoms with Gasteiger partial charge in [-0.1, -0.05) is 0 Å². The van der Waals surface area contributed by atoms with Gasteiger partial charge in [0.05, 0.1) is 0 Å². The predicted molar refractivity (Wildman–Crippen MR) is 38.3 cm³/mol. The van der Waals surface area contributed by atoms with E-state index in [9.17, 15) is 4.79 Å². The van der Waals surface area contributed by atoms with Crippen molar-refractivity contribution in [3.63, 3.8) is 0 Å². The van der Waals surface area contributed by atoms with E-state index in [1.165, 1.54) is 12.8 Å². The van der Waals surface area contributed by atoms with Gasteiger partial charge in [0.1, 0.15) is 0 Å². The van der Waals surface area contributed by atoms with Crippen LogP contribution in [0.25, 0.3) is 0 Å². The molecule has 1 atom stereocenters. The van der Waals surface area contributed by atoms with Gasteiger partial charge in [-0.25, -0.2) is 4.79 Å². The number of carbonyl (C=O) groups excluding carboxylic acids is 1. The summed E-state index contributed by atoms with van der Waals surface area (Å²) >= 11 is 0. The fraction of sp³-hybridized carbons (Fsp3) is 0.833. The van der Waals surface area contributed by atoms with Crippen LogP contribution in [0.1, 0.15) is 12.8 Å². The molecule has 0 bridgehead atoms. The molecular formula is C6H13N3O. The van der Waals surface area contributed by atoms with Gasteiger partial charge in [0.2, 0.25) is 0 Å². The Labute approximate surface area is 59.9 Å². The smallest absolute Gasteiger partial charge is 0.312 e. The molecule has 1 fully saturated rings. The van der Waals surface area contributed by atoms with Crippen LogP contribution in [-0.4, -0.2) is 18.6 Å². The van der Waals surface area contributed by atoms with E-state index in [2.05, 4.69) is 5.32 Å². The fourth-order valence-corrected chi connectivity index (χ4v) is 0.909. The number of urea groups is 1. The van der Waals surface area contributed by atoms with Crippen LogP contribution in [0.4, 0.5) is 4.79 Å². The molecule has 4 nitrogen and oxygen atoms in total. The van der Waals surface area contributed by atoms with Crippen molar-refractivity contribution in [1.29, 1.82) is 0 Å². The summed E-state index contributed by atoms with van der Waals surface area (Å²) in [5.74, 6) is 0.617. The summed E-state index contributed by atoms with van der Waals surface area (Å²) in [4.78, 5) is 10.2. The van der Waals surface area contributed by atoms with Crippen molar-refractivity contribution < 1.29 is 4.79 Å². The summed E-state index contributed by atoms with van der Waals surface area (Å²) in [6.07, 6.45) is 2.39. The van der Waals surface area contributed by atoms with Gasteiger partial charge < -0.3 is 16.8 Å². The van der Waals surface area contributed by atoms with Gasteiger partial charge in [0, 0.05) is 12.6 Å². The van der Waals surface area contributed by atoms with Gasteiger partial charge in [-0.15, -0.1) is 0 Å². The van der Waals surface area contributed by atoms with E-state index in [0.717, 1.165) is 0 Å². The number of nitrogens with two attached hydrogens (primary N) is 2. The van der Waals surface area contributed by atoms with Crippen LogP contribution in [0.5, 0.6) is 0 Å². The monoisotopic (exact) mass is 143 g/mol. The number of hydrogen-bond donors (Lipinski definition) is 3. The van der Waals surface area contributed by atoms with E-state index in [4.69, 9.17) is 11.5 Å². The molecule has 1 aliphatic rings. The molecule has 2 amide bonds. The Morgan fingerprint density at radius 1 is 1.70 bits per heavy atom. The lowest BCUT2D eigenvalue weighted by molar-refractivity contribution is 0.248. The number of primary amides is 1. The third kappa shape index (κ3) is 2.23. The Morgan fingerprint density at radius 3 is 2.70 bits per heavy atom. The molecule has 0 spiro atoms. The molecule has 0 aliphatic heterocycles. The lowest BCUT2D eigenvalue weighted by Gasteiger charge is -2.08. The summed E-state index contributed by atoms with van der Waals surface area (Å²) in [5, 5.41) is 2.48. The second kappa shape index (κ2) is 2.88. The maximum atomic E-state index is 10.2. The first kappa shape index (κ1) is 7.34. The second-order valence-corrected chi connectivity index (χ2v) is 2.75. The third-order valence-corrected chi connectivity index (χ3v) is 1.74. The standard InChI is InChI=1S/C6H13N3O/c7-5(4-1-2-4)3-9-6(8)10/h4-5H,1-3,7H2,(H3,8,9,10). The summed E-state index contributed by atoms with van der Waals surface area (Å²) in [7, 11) is 0. The first-order chi connectivity index (χ1) is 4.70. The normalized spacial score (nSPS) is 20.1. The van der Waals surface area contributed by atoms with Crippen molar-refractivity contribution in [2.45, 2.75) is 18.9 Å². The molecule has 0 aromatic rings. The Hall–Kier alpha value is -0.770. The van der Waals surface area contributed by atoms with E-state index >= 15 is 0 Å². The Morgan fingerprint density at radius 2 is 2.30 bits per heavy atom. The minimum atomic E-state index is -0.490. The van der Waals surface area contributed by atoms with E-state index in [0.29, 0.717) is 12.5 Å². The van der Waals surface area contributed by atoms with Gasteiger partial charge in [-0.2, -0.15) is 0 Å². The zero-order valence-electron chi connectivity index (χ0n) is 5.84. The van der Waals surface area contributed by atoms with Crippen LogP contribution in [0, 0.1) is 5.92 Å². The lowest BCUT2D eigenvalue weighted by Crippen LogP contribution is -2.40. The molecule has 0 aromatic heterocycles. The Kier molecular flexibility index (Phi) is 2.11. The van der Waals surface area contributed by atoms with Crippen LogP contribution in [0.2, 0.25) is 0 Å². The maximum Gasteiger partial charge on any atom is 0.312 e. The molecule has 1 unspecified atom stereocenters. The van der Waals surface area contributed by atoms with Crippen molar-refractivity contribution in [3.8, 4) is 0 Å². The molecule has 0 radical (unpaired) electrons. The van der Waals surface area contributed by atoms with E-state index in [1.807, 2.05) is 0 Å². The highest BCUT2D eigenvalue weighted by Crippen LogP contribution is 2.31. The zero-order valence-corrected chi connectivity index (χ0v) is 5.84. The van der Waals surface area contributed by atoms with Gasteiger partial charge in [-0.3, -0.25) is 0 Å². The highest BCUT2D eigenvalue weighted by Gasteiger charge is 2.28. The van der Waals surface area contributed by atoms with Crippen LogP contribution < -0.4 is 16.8 Å². The topological polar surface area (TPSA) is 81.1 Å². The van der Waals surface area contributed by atoms with Crippen LogP contribution in [-0.2, 0) is 0 Å². The van der Waals surface area contributed by atoms with Gasteiger partial charge in [-0.05, 0) is 18.8 Å². The highest BCUT2D eigenvalue weighted by molar-refractivity contribution is 5.71. The predicted octanol–water partition coefficient (Wildman–Crippen LogP) is -0.608. The average Bonchev–Trinajstić information content (AvgIpc) is 2.63. The lowest BCUT2D eigenvalue weighted by atomic mass is 10.2. The molecule has 0 saturated heterocycles. The maximum absolute atomic E-state index is 10.2. The van der Waals surface area contributed by atoms with Crippen LogP contribution in [0.15, 0.2) is 0 Å². The molecule has 0 heterocycles. The van der Waals surface area contributed by atoms with Crippen LogP contribution >= 0.6 is 0 Å². The number of hydrogen-bond acceptors (Lipinski definition) is 2. The molecule has 10 heavy (non-hydrogen) atoms. The first-order valence-electron chi connectivity index (χ1n) is 3.49.